The molecule has 2 amide bonds. The molecule has 2 aromatic rings. The standard InChI is InChI=1S/C13H16N4O3S/c1-2-9-3-4-21-11(9)6-14-13(20)16-10-5-15-17(7-10)8-12(18)19/h3-5,7H,2,6,8H2,1H3,(H,18,19)(H2,14,16,20). The van der Waals surface area contributed by atoms with Gasteiger partial charge in [0.05, 0.1) is 18.4 Å². The molecule has 3 N–H and O–H groups in total. The van der Waals surface area contributed by atoms with Crippen molar-refractivity contribution in [1.82, 2.24) is 15.1 Å². The second-order valence-electron chi connectivity index (χ2n) is 4.35. The molecule has 0 atom stereocenters. The van der Waals surface area contributed by atoms with Gasteiger partial charge in [0.1, 0.15) is 6.54 Å². The maximum absolute atomic E-state index is 11.8. The van der Waals surface area contributed by atoms with Gasteiger partial charge in [0, 0.05) is 11.1 Å². The first-order valence-corrected chi connectivity index (χ1v) is 7.30. The number of amides is 2. The van der Waals surface area contributed by atoms with Gasteiger partial charge in [-0.15, -0.1) is 11.3 Å². The number of carboxylic acids is 1. The molecule has 2 heterocycles. The first-order valence-electron chi connectivity index (χ1n) is 6.42. The number of carbonyl (C=O) groups is 2. The van der Waals surface area contributed by atoms with E-state index in [1.807, 2.05) is 5.38 Å². The Morgan fingerprint density at radius 3 is 3.00 bits per heavy atom. The molecule has 0 saturated carbocycles. The zero-order valence-electron chi connectivity index (χ0n) is 11.5. The molecule has 0 aromatic carbocycles. The lowest BCUT2D eigenvalue weighted by molar-refractivity contribution is -0.137. The topological polar surface area (TPSA) is 96.3 Å². The third-order valence-electron chi connectivity index (χ3n) is 2.82. The molecular weight excluding hydrogens is 292 g/mol. The van der Waals surface area contributed by atoms with Crippen LogP contribution >= 0.6 is 11.3 Å². The number of aryl methyl sites for hydroxylation is 1. The number of hydrogen-bond donors (Lipinski definition) is 3. The summed E-state index contributed by atoms with van der Waals surface area (Å²) >= 11 is 1.61. The highest BCUT2D eigenvalue weighted by molar-refractivity contribution is 7.10. The predicted octanol–water partition coefficient (Wildman–Crippen LogP) is 1.91. The van der Waals surface area contributed by atoms with E-state index >= 15 is 0 Å². The zero-order chi connectivity index (χ0) is 15.2. The molecule has 0 radical (unpaired) electrons. The van der Waals surface area contributed by atoms with Gasteiger partial charge < -0.3 is 15.7 Å². The normalized spacial score (nSPS) is 10.3. The van der Waals surface area contributed by atoms with Gasteiger partial charge in [0.15, 0.2) is 0 Å². The highest BCUT2D eigenvalue weighted by Crippen LogP contribution is 2.16. The van der Waals surface area contributed by atoms with E-state index in [0.29, 0.717) is 12.2 Å². The van der Waals surface area contributed by atoms with E-state index in [1.165, 1.54) is 22.6 Å². The molecule has 112 valence electrons. The average molecular weight is 308 g/mol. The number of urea groups is 1. The van der Waals surface area contributed by atoms with Crippen molar-refractivity contribution >= 4 is 29.0 Å². The summed E-state index contributed by atoms with van der Waals surface area (Å²) < 4.78 is 1.24. The summed E-state index contributed by atoms with van der Waals surface area (Å²) in [5.74, 6) is -0.987. The maximum atomic E-state index is 11.8. The number of nitrogens with one attached hydrogen (secondary N) is 2. The number of aliphatic carboxylic acids is 1. The average Bonchev–Trinajstić information content (AvgIpc) is 3.04. The maximum Gasteiger partial charge on any atom is 0.325 e. The Balaban J connectivity index is 1.84. The van der Waals surface area contributed by atoms with Crippen molar-refractivity contribution in [2.24, 2.45) is 0 Å². The van der Waals surface area contributed by atoms with Crippen LogP contribution in [0.4, 0.5) is 10.5 Å². The van der Waals surface area contributed by atoms with Gasteiger partial charge in [-0.25, -0.2) is 4.79 Å². The van der Waals surface area contributed by atoms with E-state index in [1.54, 1.807) is 11.3 Å². The summed E-state index contributed by atoms with van der Waals surface area (Å²) in [6.07, 6.45) is 3.81. The summed E-state index contributed by atoms with van der Waals surface area (Å²) in [6.45, 7) is 2.30. The van der Waals surface area contributed by atoms with E-state index in [-0.39, 0.29) is 12.6 Å². The first-order chi connectivity index (χ1) is 10.1. The molecule has 2 rings (SSSR count). The van der Waals surface area contributed by atoms with Crippen LogP contribution < -0.4 is 10.6 Å². The smallest absolute Gasteiger partial charge is 0.325 e. The second kappa shape index (κ2) is 6.89. The van der Waals surface area contributed by atoms with Crippen LogP contribution in [0.1, 0.15) is 17.4 Å². The second-order valence-corrected chi connectivity index (χ2v) is 5.35. The number of anilines is 1. The first kappa shape index (κ1) is 15.0. The molecule has 8 heteroatoms. The fourth-order valence-corrected chi connectivity index (χ4v) is 2.74. The van der Waals surface area contributed by atoms with Crippen molar-refractivity contribution in [2.75, 3.05) is 5.32 Å². The van der Waals surface area contributed by atoms with Gasteiger partial charge in [0.2, 0.25) is 0 Å². The third-order valence-corrected chi connectivity index (χ3v) is 3.78. The number of thiophene rings is 1. The largest absolute Gasteiger partial charge is 0.480 e. The molecule has 0 fully saturated rings. The molecule has 0 saturated heterocycles. The van der Waals surface area contributed by atoms with Gasteiger partial charge in [-0.2, -0.15) is 5.10 Å². The number of nitrogens with zero attached hydrogens (tertiary/aromatic N) is 2. The van der Waals surface area contributed by atoms with Crippen molar-refractivity contribution in [3.63, 3.8) is 0 Å². The van der Waals surface area contributed by atoms with Gasteiger partial charge in [-0.05, 0) is 23.4 Å². The minimum atomic E-state index is -0.987. The Hall–Kier alpha value is -2.35. The van der Waals surface area contributed by atoms with Crippen LogP contribution in [0.25, 0.3) is 0 Å². The minimum absolute atomic E-state index is 0.238. The van der Waals surface area contributed by atoms with Crippen molar-refractivity contribution in [3.8, 4) is 0 Å². The monoisotopic (exact) mass is 308 g/mol. The van der Waals surface area contributed by atoms with E-state index < -0.39 is 5.97 Å². The van der Waals surface area contributed by atoms with Gasteiger partial charge in [-0.3, -0.25) is 9.48 Å². The highest BCUT2D eigenvalue weighted by Gasteiger charge is 2.07. The van der Waals surface area contributed by atoms with E-state index in [9.17, 15) is 9.59 Å². The van der Waals surface area contributed by atoms with E-state index in [2.05, 4.69) is 28.7 Å². The van der Waals surface area contributed by atoms with Crippen molar-refractivity contribution < 1.29 is 14.7 Å². The number of carboxylic acid groups (broad SMARTS) is 1. The van der Waals surface area contributed by atoms with Crippen molar-refractivity contribution in [3.05, 3.63) is 34.3 Å². The van der Waals surface area contributed by atoms with Gasteiger partial charge in [-0.1, -0.05) is 6.92 Å². The summed E-state index contributed by atoms with van der Waals surface area (Å²) in [5, 5.41) is 19.9. The number of rotatable bonds is 6. The molecule has 0 unspecified atom stereocenters. The Labute approximate surface area is 125 Å². The summed E-state index contributed by atoms with van der Waals surface area (Å²) in [5.41, 5.74) is 1.69. The predicted molar refractivity (Wildman–Crippen MR) is 79.4 cm³/mol. The third kappa shape index (κ3) is 4.32. The lowest BCUT2D eigenvalue weighted by Crippen LogP contribution is -2.28. The molecule has 0 aliphatic heterocycles. The SMILES string of the molecule is CCc1ccsc1CNC(=O)Nc1cnn(CC(=O)O)c1. The Bertz CT molecular complexity index is 635. The van der Waals surface area contributed by atoms with Gasteiger partial charge >= 0.3 is 12.0 Å². The van der Waals surface area contributed by atoms with Crippen molar-refractivity contribution in [1.29, 1.82) is 0 Å². The van der Waals surface area contributed by atoms with Crippen LogP contribution in [0.2, 0.25) is 0 Å². The van der Waals surface area contributed by atoms with Crippen LogP contribution in [-0.2, 0) is 24.3 Å². The fourth-order valence-electron chi connectivity index (χ4n) is 1.83. The Morgan fingerprint density at radius 1 is 1.48 bits per heavy atom. The van der Waals surface area contributed by atoms with Crippen LogP contribution in [0.15, 0.2) is 23.8 Å². The molecule has 0 bridgehead atoms. The molecule has 2 aromatic heterocycles. The van der Waals surface area contributed by atoms with E-state index in [4.69, 9.17) is 5.11 Å². The van der Waals surface area contributed by atoms with Crippen LogP contribution in [0.5, 0.6) is 0 Å². The van der Waals surface area contributed by atoms with Crippen LogP contribution in [0, 0.1) is 0 Å². The number of carbonyl (C=O) groups excluding carboxylic acids is 1. The zero-order valence-corrected chi connectivity index (χ0v) is 12.3. The molecule has 0 aliphatic rings. The summed E-state index contributed by atoms with van der Waals surface area (Å²) in [7, 11) is 0. The van der Waals surface area contributed by atoms with Crippen molar-refractivity contribution in [2.45, 2.75) is 26.4 Å². The highest BCUT2D eigenvalue weighted by atomic mass is 32.1. The van der Waals surface area contributed by atoms with E-state index in [0.717, 1.165) is 11.3 Å². The summed E-state index contributed by atoms with van der Waals surface area (Å²) in [4.78, 5) is 23.4. The minimum Gasteiger partial charge on any atom is -0.480 e. The number of hydrogen-bond acceptors (Lipinski definition) is 4. The quantitative estimate of drug-likeness (QED) is 0.759. The fraction of sp³-hybridized carbons (Fsp3) is 0.308. The van der Waals surface area contributed by atoms with Gasteiger partial charge in [0.25, 0.3) is 0 Å². The number of aromatic nitrogens is 2. The molecule has 0 spiro atoms. The molecule has 0 aliphatic carbocycles. The van der Waals surface area contributed by atoms with Crippen LogP contribution in [-0.4, -0.2) is 26.9 Å². The lowest BCUT2D eigenvalue weighted by Gasteiger charge is -2.06. The molecule has 21 heavy (non-hydrogen) atoms. The lowest BCUT2D eigenvalue weighted by atomic mass is 10.2. The van der Waals surface area contributed by atoms with Crippen LogP contribution in [0.3, 0.4) is 0 Å². The summed E-state index contributed by atoms with van der Waals surface area (Å²) in [6, 6.07) is 1.70. The molecular formula is C13H16N4O3S. The molecule has 7 nitrogen and oxygen atoms in total. The Morgan fingerprint density at radius 2 is 2.29 bits per heavy atom. The Kier molecular flexibility index (Phi) is 4.94.